The molecule has 0 radical (unpaired) electrons. The van der Waals surface area contributed by atoms with E-state index in [1.165, 1.54) is 0 Å². The molecule has 1 aromatic heterocycles. The van der Waals surface area contributed by atoms with Gasteiger partial charge < -0.3 is 14.2 Å². The molecule has 0 N–H and O–H groups in total. The molecule has 1 heterocycles. The minimum atomic E-state index is 0.328. The van der Waals surface area contributed by atoms with E-state index in [4.69, 9.17) is 14.2 Å². The van der Waals surface area contributed by atoms with Crippen molar-refractivity contribution in [2.24, 2.45) is 0 Å². The van der Waals surface area contributed by atoms with Crippen LogP contribution in [0, 0.1) is 0 Å². The van der Waals surface area contributed by atoms with Crippen molar-refractivity contribution in [2.45, 2.75) is 18.3 Å². The Bertz CT molecular complexity index is 866. The van der Waals surface area contributed by atoms with E-state index in [0.29, 0.717) is 19.8 Å². The first-order chi connectivity index (χ1) is 13.8. The zero-order valence-electron chi connectivity index (χ0n) is 15.8. The number of rotatable bonds is 11. The highest BCUT2D eigenvalue weighted by Gasteiger charge is 2.12. The first-order valence-corrected chi connectivity index (χ1v) is 9.89. The first kappa shape index (κ1) is 19.8. The maximum Gasteiger partial charge on any atom is 0.191 e. The number of nitrogens with zero attached hydrogens (tertiary/aromatic N) is 3. The van der Waals surface area contributed by atoms with Crippen LogP contribution in [-0.2, 0) is 13.2 Å². The lowest BCUT2D eigenvalue weighted by atomic mass is 10.3. The highest BCUT2D eigenvalue weighted by atomic mass is 32.2. The number of methoxy groups -OCH3 is 1. The summed E-state index contributed by atoms with van der Waals surface area (Å²) in [5, 5.41) is 9.39. The molecule has 0 bridgehead atoms. The molecule has 6 nitrogen and oxygen atoms in total. The van der Waals surface area contributed by atoms with Gasteiger partial charge in [0.15, 0.2) is 11.0 Å². The Kier molecular flexibility index (Phi) is 7.37. The van der Waals surface area contributed by atoms with Crippen LogP contribution in [0.2, 0.25) is 0 Å². The molecule has 0 spiro atoms. The van der Waals surface area contributed by atoms with Gasteiger partial charge in [0.2, 0.25) is 0 Å². The quantitative estimate of drug-likeness (QED) is 0.274. The number of thioether (sulfide) groups is 1. The summed E-state index contributed by atoms with van der Waals surface area (Å²) in [5.74, 6) is 3.92. The lowest BCUT2D eigenvalue weighted by Gasteiger charge is -2.10. The molecule has 146 valence electrons. The fourth-order valence-corrected chi connectivity index (χ4v) is 3.26. The van der Waals surface area contributed by atoms with Gasteiger partial charge in [0.25, 0.3) is 0 Å². The van der Waals surface area contributed by atoms with Crippen molar-refractivity contribution in [3.63, 3.8) is 0 Å². The van der Waals surface area contributed by atoms with Crippen LogP contribution in [0.3, 0.4) is 0 Å². The van der Waals surface area contributed by atoms with Gasteiger partial charge in [-0.3, -0.25) is 4.57 Å². The maximum absolute atomic E-state index is 5.83. The van der Waals surface area contributed by atoms with Crippen molar-refractivity contribution in [3.05, 3.63) is 73.1 Å². The molecule has 28 heavy (non-hydrogen) atoms. The van der Waals surface area contributed by atoms with Gasteiger partial charge in [-0.05, 0) is 36.4 Å². The largest absolute Gasteiger partial charge is 0.497 e. The third-order valence-electron chi connectivity index (χ3n) is 3.86. The van der Waals surface area contributed by atoms with Crippen molar-refractivity contribution in [1.82, 2.24) is 14.8 Å². The first-order valence-electron chi connectivity index (χ1n) is 8.90. The molecular formula is C21H23N3O3S. The molecule has 0 saturated heterocycles. The van der Waals surface area contributed by atoms with Crippen molar-refractivity contribution in [3.8, 4) is 17.2 Å². The lowest BCUT2D eigenvalue weighted by Crippen LogP contribution is -2.08. The zero-order valence-corrected chi connectivity index (χ0v) is 16.6. The van der Waals surface area contributed by atoms with Crippen molar-refractivity contribution in [1.29, 1.82) is 0 Å². The predicted octanol–water partition coefficient (Wildman–Crippen LogP) is 4.22. The van der Waals surface area contributed by atoms with Gasteiger partial charge in [-0.25, -0.2) is 0 Å². The fraction of sp³-hybridized carbons (Fsp3) is 0.238. The van der Waals surface area contributed by atoms with E-state index in [0.717, 1.165) is 34.0 Å². The summed E-state index contributed by atoms with van der Waals surface area (Å²) >= 11 is 1.60. The van der Waals surface area contributed by atoms with Gasteiger partial charge >= 0.3 is 0 Å². The molecule has 0 aliphatic carbocycles. The highest BCUT2D eigenvalue weighted by Crippen LogP contribution is 2.21. The maximum atomic E-state index is 5.83. The van der Waals surface area contributed by atoms with Crippen molar-refractivity contribution >= 4 is 11.8 Å². The predicted molar refractivity (Wildman–Crippen MR) is 110 cm³/mol. The van der Waals surface area contributed by atoms with Crippen LogP contribution in [0.5, 0.6) is 17.2 Å². The second-order valence-corrected chi connectivity index (χ2v) is 6.83. The van der Waals surface area contributed by atoms with Gasteiger partial charge in [-0.2, -0.15) is 0 Å². The SMILES string of the molecule is C=CCn1c(COc2ccc(OC)cc2)nnc1SCCOc1ccccc1. The third kappa shape index (κ3) is 5.53. The number of hydrogen-bond acceptors (Lipinski definition) is 6. The summed E-state index contributed by atoms with van der Waals surface area (Å²) in [4.78, 5) is 0. The number of allylic oxidation sites excluding steroid dienone is 1. The smallest absolute Gasteiger partial charge is 0.191 e. The molecule has 0 aliphatic heterocycles. The normalized spacial score (nSPS) is 10.5. The number of hydrogen-bond donors (Lipinski definition) is 0. The number of benzene rings is 2. The number of para-hydroxylation sites is 1. The molecule has 0 aliphatic rings. The van der Waals surface area contributed by atoms with E-state index in [2.05, 4.69) is 16.8 Å². The second-order valence-electron chi connectivity index (χ2n) is 5.77. The Hall–Kier alpha value is -2.93. The van der Waals surface area contributed by atoms with Gasteiger partial charge in [0.1, 0.15) is 23.9 Å². The van der Waals surface area contributed by atoms with Crippen LogP contribution in [-0.4, -0.2) is 34.2 Å². The summed E-state index contributed by atoms with van der Waals surface area (Å²) in [5.41, 5.74) is 0. The molecule has 0 amide bonds. The van der Waals surface area contributed by atoms with E-state index >= 15 is 0 Å². The van der Waals surface area contributed by atoms with Crippen LogP contribution in [0.1, 0.15) is 5.82 Å². The Morgan fingerprint density at radius 1 is 0.964 bits per heavy atom. The summed E-state index contributed by atoms with van der Waals surface area (Å²) in [6.07, 6.45) is 1.82. The Morgan fingerprint density at radius 3 is 2.39 bits per heavy atom. The summed E-state index contributed by atoms with van der Waals surface area (Å²) in [6.45, 7) is 5.37. The van der Waals surface area contributed by atoms with E-state index in [1.54, 1.807) is 18.9 Å². The van der Waals surface area contributed by atoms with Gasteiger partial charge in [0.05, 0.1) is 13.7 Å². The minimum Gasteiger partial charge on any atom is -0.497 e. The summed E-state index contributed by atoms with van der Waals surface area (Å²) in [7, 11) is 1.64. The van der Waals surface area contributed by atoms with Crippen LogP contribution >= 0.6 is 11.8 Å². The summed E-state index contributed by atoms with van der Waals surface area (Å²) < 4.78 is 18.7. The average Bonchev–Trinajstić information content (AvgIpc) is 3.12. The average molecular weight is 398 g/mol. The number of ether oxygens (including phenoxy) is 3. The highest BCUT2D eigenvalue weighted by molar-refractivity contribution is 7.99. The van der Waals surface area contributed by atoms with E-state index in [9.17, 15) is 0 Å². The molecule has 3 aromatic rings. The van der Waals surface area contributed by atoms with Gasteiger partial charge in [-0.1, -0.05) is 36.0 Å². The van der Waals surface area contributed by atoms with Crippen LogP contribution in [0.15, 0.2) is 72.4 Å². The second kappa shape index (κ2) is 10.4. The van der Waals surface area contributed by atoms with Crippen molar-refractivity contribution < 1.29 is 14.2 Å². The van der Waals surface area contributed by atoms with E-state index < -0.39 is 0 Å². The zero-order chi connectivity index (χ0) is 19.6. The molecule has 7 heteroatoms. The lowest BCUT2D eigenvalue weighted by molar-refractivity contribution is 0.288. The Balaban J connectivity index is 1.55. The molecular weight excluding hydrogens is 374 g/mol. The molecule has 3 rings (SSSR count). The van der Waals surface area contributed by atoms with E-state index in [1.807, 2.05) is 65.2 Å². The Morgan fingerprint density at radius 2 is 1.68 bits per heavy atom. The molecule has 0 unspecified atom stereocenters. The monoisotopic (exact) mass is 397 g/mol. The molecule has 0 saturated carbocycles. The molecule has 0 atom stereocenters. The minimum absolute atomic E-state index is 0.328. The third-order valence-corrected chi connectivity index (χ3v) is 4.79. The fourth-order valence-electron chi connectivity index (χ4n) is 2.47. The van der Waals surface area contributed by atoms with Gasteiger partial charge in [-0.15, -0.1) is 16.8 Å². The van der Waals surface area contributed by atoms with Gasteiger partial charge in [0, 0.05) is 12.3 Å². The van der Waals surface area contributed by atoms with Crippen LogP contribution in [0.25, 0.3) is 0 Å². The van der Waals surface area contributed by atoms with Crippen LogP contribution in [0.4, 0.5) is 0 Å². The Labute approximate surface area is 169 Å². The summed E-state index contributed by atoms with van der Waals surface area (Å²) in [6, 6.07) is 17.2. The molecule has 2 aromatic carbocycles. The topological polar surface area (TPSA) is 58.4 Å². The van der Waals surface area contributed by atoms with Crippen LogP contribution < -0.4 is 14.2 Å². The van der Waals surface area contributed by atoms with Crippen molar-refractivity contribution in [2.75, 3.05) is 19.5 Å². The molecule has 0 fully saturated rings. The standard InChI is InChI=1S/C21H23N3O3S/c1-3-13-24-20(16-27-19-11-9-17(25-2)10-12-19)22-23-21(24)28-15-14-26-18-7-5-4-6-8-18/h3-12H,1,13-16H2,2H3. The van der Waals surface area contributed by atoms with E-state index in [-0.39, 0.29) is 0 Å². The number of aromatic nitrogens is 3.